The zero-order valence-corrected chi connectivity index (χ0v) is 14.5. The second kappa shape index (κ2) is 5.96. The summed E-state index contributed by atoms with van der Waals surface area (Å²) in [5.41, 5.74) is 0.808. The van der Waals surface area contributed by atoms with Gasteiger partial charge in [0.15, 0.2) is 4.96 Å². The predicted octanol–water partition coefficient (Wildman–Crippen LogP) is 3.93. The molecular weight excluding hydrogens is 357 g/mol. The van der Waals surface area contributed by atoms with Gasteiger partial charge < -0.3 is 5.32 Å². The highest BCUT2D eigenvalue weighted by molar-refractivity contribution is 7.17. The van der Waals surface area contributed by atoms with E-state index in [4.69, 9.17) is 23.2 Å². The molecule has 0 aliphatic rings. The Morgan fingerprint density at radius 2 is 2.00 bits per heavy atom. The molecule has 2 heterocycles. The molecule has 3 rings (SSSR count). The molecule has 118 valence electrons. The summed E-state index contributed by atoms with van der Waals surface area (Å²) < 4.78 is 1.45. The average molecular weight is 368 g/mol. The summed E-state index contributed by atoms with van der Waals surface area (Å²) >= 11 is 13.2. The highest BCUT2D eigenvalue weighted by Crippen LogP contribution is 2.25. The maximum Gasteiger partial charge on any atom is 0.271 e. The highest BCUT2D eigenvalue weighted by atomic mass is 35.5. The van der Waals surface area contributed by atoms with Gasteiger partial charge in [0.25, 0.3) is 11.5 Å². The lowest BCUT2D eigenvalue weighted by molar-refractivity contribution is 0.102. The van der Waals surface area contributed by atoms with Gasteiger partial charge in [0.1, 0.15) is 5.56 Å². The van der Waals surface area contributed by atoms with E-state index in [1.807, 2.05) is 13.8 Å². The lowest BCUT2D eigenvalue weighted by Gasteiger charge is -2.06. The molecule has 0 unspecified atom stereocenters. The number of halogens is 2. The number of hydrogen-bond acceptors (Lipinski definition) is 4. The Morgan fingerprint density at radius 3 is 2.70 bits per heavy atom. The normalized spacial score (nSPS) is 11.0. The van der Waals surface area contributed by atoms with Crippen molar-refractivity contribution in [2.75, 3.05) is 5.32 Å². The van der Waals surface area contributed by atoms with E-state index in [9.17, 15) is 9.59 Å². The van der Waals surface area contributed by atoms with Crippen LogP contribution in [0.5, 0.6) is 0 Å². The van der Waals surface area contributed by atoms with Gasteiger partial charge in [-0.25, -0.2) is 4.98 Å². The molecule has 0 atom stereocenters. The molecule has 1 aromatic carbocycles. The second-order valence-electron chi connectivity index (χ2n) is 4.92. The van der Waals surface area contributed by atoms with Gasteiger partial charge in [-0.3, -0.25) is 14.0 Å². The van der Waals surface area contributed by atoms with Gasteiger partial charge in [0.2, 0.25) is 0 Å². The zero-order valence-electron chi connectivity index (χ0n) is 12.2. The fraction of sp³-hybridized carbons (Fsp3) is 0.133. The number of anilines is 1. The molecule has 0 fully saturated rings. The Morgan fingerprint density at radius 1 is 1.26 bits per heavy atom. The standard InChI is InChI=1S/C15H11Cl2N3O2S/c1-7-8(2)23-15-18-6-10(14(22)20(7)15)13(21)19-9-3-4-11(16)12(17)5-9/h3-6H,1-2H3,(H,19,21). The van der Waals surface area contributed by atoms with Gasteiger partial charge in [-0.05, 0) is 32.0 Å². The fourth-order valence-electron chi connectivity index (χ4n) is 2.10. The van der Waals surface area contributed by atoms with Crippen LogP contribution in [0.2, 0.25) is 10.0 Å². The Balaban J connectivity index is 2.01. The Bertz CT molecular complexity index is 994. The summed E-state index contributed by atoms with van der Waals surface area (Å²) in [7, 11) is 0. The molecular formula is C15H11Cl2N3O2S. The Labute approximate surface area is 145 Å². The van der Waals surface area contributed by atoms with Gasteiger partial charge in [-0.15, -0.1) is 11.3 Å². The number of carbonyl (C=O) groups is 1. The van der Waals surface area contributed by atoms with E-state index < -0.39 is 11.5 Å². The maximum absolute atomic E-state index is 12.5. The monoisotopic (exact) mass is 367 g/mol. The minimum absolute atomic E-state index is 0.0329. The summed E-state index contributed by atoms with van der Waals surface area (Å²) in [4.78, 5) is 30.6. The summed E-state index contributed by atoms with van der Waals surface area (Å²) in [6.07, 6.45) is 1.29. The van der Waals surface area contributed by atoms with Crippen LogP contribution < -0.4 is 10.9 Å². The van der Waals surface area contributed by atoms with Crippen LogP contribution >= 0.6 is 34.5 Å². The largest absolute Gasteiger partial charge is 0.322 e. The third-order valence-electron chi connectivity index (χ3n) is 3.44. The number of amides is 1. The topological polar surface area (TPSA) is 63.5 Å². The molecule has 0 bridgehead atoms. The van der Waals surface area contributed by atoms with Crippen molar-refractivity contribution in [1.82, 2.24) is 9.38 Å². The van der Waals surface area contributed by atoms with Gasteiger partial charge in [0, 0.05) is 22.5 Å². The van der Waals surface area contributed by atoms with Gasteiger partial charge in [-0.2, -0.15) is 0 Å². The average Bonchev–Trinajstić information content (AvgIpc) is 2.79. The number of thiazole rings is 1. The minimum Gasteiger partial charge on any atom is -0.322 e. The smallest absolute Gasteiger partial charge is 0.271 e. The van der Waals surface area contributed by atoms with E-state index in [2.05, 4.69) is 10.3 Å². The van der Waals surface area contributed by atoms with Crippen LogP contribution in [0.25, 0.3) is 4.96 Å². The summed E-state index contributed by atoms with van der Waals surface area (Å²) in [5.74, 6) is -0.543. The number of hydrogen-bond donors (Lipinski definition) is 1. The second-order valence-corrected chi connectivity index (χ2v) is 6.92. The first-order valence-electron chi connectivity index (χ1n) is 6.62. The van der Waals surface area contributed by atoms with Crippen LogP contribution in [0.4, 0.5) is 5.69 Å². The third-order valence-corrected chi connectivity index (χ3v) is 5.25. The SMILES string of the molecule is Cc1sc2ncc(C(=O)Nc3ccc(Cl)c(Cl)c3)c(=O)n2c1C. The lowest BCUT2D eigenvalue weighted by Crippen LogP contribution is -2.26. The molecule has 1 amide bonds. The van der Waals surface area contributed by atoms with Crippen molar-refractivity contribution in [2.24, 2.45) is 0 Å². The molecule has 0 spiro atoms. The van der Waals surface area contributed by atoms with Gasteiger partial charge >= 0.3 is 0 Å². The number of nitrogens with one attached hydrogen (secondary N) is 1. The first kappa shape index (κ1) is 16.0. The minimum atomic E-state index is -0.543. The molecule has 1 N–H and O–H groups in total. The predicted molar refractivity (Wildman–Crippen MR) is 93.2 cm³/mol. The molecule has 0 aliphatic heterocycles. The molecule has 0 saturated carbocycles. The van der Waals surface area contributed by atoms with Gasteiger partial charge in [0.05, 0.1) is 10.0 Å². The number of benzene rings is 1. The van der Waals surface area contributed by atoms with Crippen LogP contribution in [0.15, 0.2) is 29.2 Å². The fourth-order valence-corrected chi connectivity index (χ4v) is 3.33. The van der Waals surface area contributed by atoms with Crippen molar-refractivity contribution in [2.45, 2.75) is 13.8 Å². The Kier molecular flexibility index (Phi) is 4.14. The summed E-state index contributed by atoms with van der Waals surface area (Å²) in [6.45, 7) is 3.73. The first-order chi connectivity index (χ1) is 10.9. The molecule has 0 saturated heterocycles. The Hall–Kier alpha value is -1.89. The molecule has 3 aromatic rings. The quantitative estimate of drug-likeness (QED) is 0.746. The molecule has 5 nitrogen and oxygen atoms in total. The van der Waals surface area contributed by atoms with Gasteiger partial charge in [-0.1, -0.05) is 23.2 Å². The summed E-state index contributed by atoms with van der Waals surface area (Å²) in [6, 6.07) is 4.70. The number of rotatable bonds is 2. The highest BCUT2D eigenvalue weighted by Gasteiger charge is 2.17. The third kappa shape index (κ3) is 2.85. The van der Waals surface area contributed by atoms with E-state index in [0.717, 1.165) is 10.6 Å². The lowest BCUT2D eigenvalue weighted by atomic mass is 10.2. The molecule has 2 aromatic heterocycles. The molecule has 23 heavy (non-hydrogen) atoms. The number of aromatic nitrogens is 2. The van der Waals surface area contributed by atoms with Crippen LogP contribution in [-0.2, 0) is 0 Å². The summed E-state index contributed by atoms with van der Waals surface area (Å²) in [5, 5.41) is 3.33. The van der Waals surface area contributed by atoms with Crippen molar-refractivity contribution in [1.29, 1.82) is 0 Å². The number of carbonyl (C=O) groups excluding carboxylic acids is 1. The number of nitrogens with zero attached hydrogens (tertiary/aromatic N) is 2. The van der Waals surface area contributed by atoms with E-state index in [1.54, 1.807) is 12.1 Å². The van der Waals surface area contributed by atoms with Crippen molar-refractivity contribution >= 4 is 51.1 Å². The number of fused-ring (bicyclic) bond motifs is 1. The van der Waals surface area contributed by atoms with Crippen molar-refractivity contribution < 1.29 is 4.79 Å². The van der Waals surface area contributed by atoms with Crippen molar-refractivity contribution in [3.8, 4) is 0 Å². The van der Waals surface area contributed by atoms with Crippen molar-refractivity contribution in [3.63, 3.8) is 0 Å². The van der Waals surface area contributed by atoms with Crippen molar-refractivity contribution in [3.05, 3.63) is 60.9 Å². The maximum atomic E-state index is 12.5. The van der Waals surface area contributed by atoms with E-state index in [0.29, 0.717) is 20.7 Å². The van der Waals surface area contributed by atoms with Crippen LogP contribution in [0.1, 0.15) is 20.9 Å². The van der Waals surface area contributed by atoms with Crippen LogP contribution in [0, 0.1) is 13.8 Å². The molecule has 0 aliphatic carbocycles. The molecule has 8 heteroatoms. The first-order valence-corrected chi connectivity index (χ1v) is 8.20. The van der Waals surface area contributed by atoms with Crippen LogP contribution in [0.3, 0.4) is 0 Å². The van der Waals surface area contributed by atoms with E-state index in [-0.39, 0.29) is 5.56 Å². The number of aryl methyl sites for hydroxylation is 2. The van der Waals surface area contributed by atoms with E-state index >= 15 is 0 Å². The van der Waals surface area contributed by atoms with E-state index in [1.165, 1.54) is 28.0 Å². The van der Waals surface area contributed by atoms with Crippen LogP contribution in [-0.4, -0.2) is 15.3 Å². The zero-order chi connectivity index (χ0) is 16.7. The molecule has 0 radical (unpaired) electrons.